The zero-order valence-corrected chi connectivity index (χ0v) is 10.8. The van der Waals surface area contributed by atoms with Gasteiger partial charge in [-0.2, -0.15) is 0 Å². The van der Waals surface area contributed by atoms with E-state index in [1.165, 1.54) is 0 Å². The van der Waals surface area contributed by atoms with Crippen molar-refractivity contribution in [1.29, 1.82) is 0 Å². The number of aliphatic hydroxyl groups excluding tert-OH is 1. The number of carbonyl (C=O) groups excluding carboxylic acids is 1. The van der Waals surface area contributed by atoms with Gasteiger partial charge in [0, 0.05) is 0 Å². The molecule has 6 nitrogen and oxygen atoms in total. The Labute approximate surface area is 112 Å². The van der Waals surface area contributed by atoms with Crippen molar-refractivity contribution in [3.63, 3.8) is 0 Å². The minimum atomic E-state index is -1.21. The lowest BCUT2D eigenvalue weighted by Gasteiger charge is -2.05. The molecule has 1 aromatic carbocycles. The van der Waals surface area contributed by atoms with E-state index in [-0.39, 0.29) is 12.5 Å². The number of primary amides is 1. The van der Waals surface area contributed by atoms with Gasteiger partial charge in [0.2, 0.25) is 5.91 Å². The minimum absolute atomic E-state index is 0.291. The van der Waals surface area contributed by atoms with Gasteiger partial charge in [-0.1, -0.05) is 37.3 Å². The van der Waals surface area contributed by atoms with Gasteiger partial charge in [-0.15, -0.1) is 0 Å². The van der Waals surface area contributed by atoms with Crippen LogP contribution in [-0.4, -0.2) is 28.1 Å². The lowest BCUT2D eigenvalue weighted by Crippen LogP contribution is -2.34. The molecular formula is C13H20N2O4. The van der Waals surface area contributed by atoms with Crippen molar-refractivity contribution in [2.24, 2.45) is 11.5 Å². The maximum Gasteiger partial charge on any atom is 0.321 e. The number of amides is 1. The third-order valence-electron chi connectivity index (χ3n) is 2.31. The number of hydrogen-bond donors (Lipinski definition) is 4. The molecule has 0 aliphatic rings. The Morgan fingerprint density at radius 1 is 1.26 bits per heavy atom. The quantitative estimate of drug-likeness (QED) is 0.615. The van der Waals surface area contributed by atoms with Gasteiger partial charge < -0.3 is 21.7 Å². The topological polar surface area (TPSA) is 127 Å². The first kappa shape index (κ1) is 17.1. The summed E-state index contributed by atoms with van der Waals surface area (Å²) in [7, 11) is 0. The summed E-state index contributed by atoms with van der Waals surface area (Å²) >= 11 is 0. The van der Waals surface area contributed by atoms with Gasteiger partial charge in [0.1, 0.15) is 6.04 Å². The van der Waals surface area contributed by atoms with Crippen LogP contribution < -0.4 is 11.5 Å². The first-order chi connectivity index (χ1) is 8.88. The van der Waals surface area contributed by atoms with Crippen molar-refractivity contribution in [3.8, 4) is 0 Å². The van der Waals surface area contributed by atoms with E-state index in [2.05, 4.69) is 5.73 Å². The van der Waals surface area contributed by atoms with Crippen molar-refractivity contribution < 1.29 is 19.8 Å². The summed E-state index contributed by atoms with van der Waals surface area (Å²) in [5, 5.41) is 17.4. The molecule has 0 aromatic heterocycles. The Bertz CT molecular complexity index is 395. The SMILES string of the molecule is CCC(O)c1ccccc1.NC(=O)CC(N)C(=O)O. The van der Waals surface area contributed by atoms with E-state index < -0.39 is 17.9 Å². The number of benzene rings is 1. The Morgan fingerprint density at radius 3 is 2.11 bits per heavy atom. The normalized spacial score (nSPS) is 12.8. The number of hydrogen-bond acceptors (Lipinski definition) is 4. The van der Waals surface area contributed by atoms with Crippen LogP contribution in [0.2, 0.25) is 0 Å². The average molecular weight is 268 g/mol. The first-order valence-corrected chi connectivity index (χ1v) is 5.88. The summed E-state index contributed by atoms with van der Waals surface area (Å²) in [5.41, 5.74) is 10.6. The molecule has 1 aromatic rings. The van der Waals surface area contributed by atoms with Crippen LogP contribution >= 0.6 is 0 Å². The predicted molar refractivity (Wildman–Crippen MR) is 71.1 cm³/mol. The van der Waals surface area contributed by atoms with E-state index in [1.807, 2.05) is 37.3 Å². The van der Waals surface area contributed by atoms with Gasteiger partial charge >= 0.3 is 5.97 Å². The smallest absolute Gasteiger partial charge is 0.321 e. The maximum absolute atomic E-state index is 9.99. The molecule has 0 aliphatic heterocycles. The van der Waals surface area contributed by atoms with Crippen LogP contribution in [0.5, 0.6) is 0 Å². The molecule has 2 unspecified atom stereocenters. The van der Waals surface area contributed by atoms with Crippen molar-refractivity contribution in [2.45, 2.75) is 31.9 Å². The summed E-state index contributed by atoms with van der Waals surface area (Å²) in [6.07, 6.45) is 0.181. The zero-order chi connectivity index (χ0) is 14.8. The molecule has 0 heterocycles. The number of nitrogens with two attached hydrogens (primary N) is 2. The van der Waals surface area contributed by atoms with Crippen molar-refractivity contribution in [2.75, 3.05) is 0 Å². The highest BCUT2D eigenvalue weighted by atomic mass is 16.4. The summed E-state index contributed by atoms with van der Waals surface area (Å²) in [5.74, 6) is -1.92. The molecule has 2 atom stereocenters. The van der Waals surface area contributed by atoms with Gasteiger partial charge in [0.05, 0.1) is 12.5 Å². The van der Waals surface area contributed by atoms with E-state index >= 15 is 0 Å². The third kappa shape index (κ3) is 7.91. The Kier molecular flexibility index (Phi) is 8.15. The number of carboxylic acids is 1. The number of carboxylic acid groups (broad SMARTS) is 1. The van der Waals surface area contributed by atoms with Crippen LogP contribution in [0.15, 0.2) is 30.3 Å². The molecule has 6 heteroatoms. The van der Waals surface area contributed by atoms with Gasteiger partial charge in [-0.3, -0.25) is 9.59 Å². The van der Waals surface area contributed by atoms with Crippen LogP contribution in [0.25, 0.3) is 0 Å². The van der Waals surface area contributed by atoms with Crippen LogP contribution in [-0.2, 0) is 9.59 Å². The first-order valence-electron chi connectivity index (χ1n) is 5.88. The molecule has 19 heavy (non-hydrogen) atoms. The van der Waals surface area contributed by atoms with Gasteiger partial charge in [-0.25, -0.2) is 0 Å². The van der Waals surface area contributed by atoms with Gasteiger partial charge in [0.25, 0.3) is 0 Å². The number of rotatable bonds is 5. The van der Waals surface area contributed by atoms with Crippen LogP contribution in [0.4, 0.5) is 0 Å². The highest BCUT2D eigenvalue weighted by molar-refractivity contribution is 5.83. The van der Waals surface area contributed by atoms with Crippen LogP contribution in [0, 0.1) is 0 Å². The van der Waals surface area contributed by atoms with E-state index in [9.17, 15) is 14.7 Å². The van der Waals surface area contributed by atoms with Crippen molar-refractivity contribution in [3.05, 3.63) is 35.9 Å². The molecule has 0 fully saturated rings. The summed E-state index contributed by atoms with van der Waals surface area (Å²) < 4.78 is 0. The summed E-state index contributed by atoms with van der Waals surface area (Å²) in [6, 6.07) is 8.54. The summed E-state index contributed by atoms with van der Waals surface area (Å²) in [4.78, 5) is 19.9. The van der Waals surface area contributed by atoms with Gasteiger partial charge in [-0.05, 0) is 12.0 Å². The second-order valence-electron chi connectivity index (χ2n) is 3.95. The van der Waals surface area contributed by atoms with Crippen molar-refractivity contribution in [1.82, 2.24) is 0 Å². The second-order valence-corrected chi connectivity index (χ2v) is 3.95. The second kappa shape index (κ2) is 9.07. The van der Waals surface area contributed by atoms with E-state index in [1.54, 1.807) is 0 Å². The molecule has 0 spiro atoms. The largest absolute Gasteiger partial charge is 0.480 e. The van der Waals surface area contributed by atoms with Crippen molar-refractivity contribution >= 4 is 11.9 Å². The number of aliphatic carboxylic acids is 1. The lowest BCUT2D eigenvalue weighted by molar-refractivity contribution is -0.140. The molecule has 0 aliphatic carbocycles. The predicted octanol–water partition coefficient (Wildman–Crippen LogP) is 0.404. The molecule has 0 radical (unpaired) electrons. The fourth-order valence-corrected chi connectivity index (χ4v) is 1.21. The zero-order valence-electron chi connectivity index (χ0n) is 10.8. The van der Waals surface area contributed by atoms with Crippen LogP contribution in [0.3, 0.4) is 0 Å². The van der Waals surface area contributed by atoms with Crippen LogP contribution in [0.1, 0.15) is 31.4 Å². The molecular weight excluding hydrogens is 248 g/mol. The van der Waals surface area contributed by atoms with E-state index in [0.29, 0.717) is 0 Å². The fraction of sp³-hybridized carbons (Fsp3) is 0.385. The maximum atomic E-state index is 9.99. The average Bonchev–Trinajstić information content (AvgIpc) is 2.38. The molecule has 1 amide bonds. The van der Waals surface area contributed by atoms with Gasteiger partial charge in [0.15, 0.2) is 0 Å². The van der Waals surface area contributed by atoms with E-state index in [4.69, 9.17) is 10.8 Å². The lowest BCUT2D eigenvalue weighted by atomic mass is 10.1. The molecule has 0 saturated heterocycles. The molecule has 6 N–H and O–H groups in total. The van der Waals surface area contributed by atoms with E-state index in [0.717, 1.165) is 12.0 Å². The Hall–Kier alpha value is -1.92. The highest BCUT2D eigenvalue weighted by Crippen LogP contribution is 2.14. The number of carbonyl (C=O) groups is 2. The fourth-order valence-electron chi connectivity index (χ4n) is 1.21. The third-order valence-corrected chi connectivity index (χ3v) is 2.31. The molecule has 106 valence electrons. The monoisotopic (exact) mass is 268 g/mol. The molecule has 1 rings (SSSR count). The number of aliphatic hydroxyl groups is 1. The minimum Gasteiger partial charge on any atom is -0.480 e. The standard InChI is InChI=1S/C9H12O.C4H8N2O3/c1-2-9(10)8-6-4-3-5-7-8;5-2(4(8)9)1-3(6)7/h3-7,9-10H,2H2,1H3;2H,1,5H2,(H2,6,7)(H,8,9). The highest BCUT2D eigenvalue weighted by Gasteiger charge is 2.13. The summed E-state index contributed by atoms with van der Waals surface area (Å²) in [6.45, 7) is 1.97. The molecule has 0 saturated carbocycles. The Balaban J connectivity index is 0.000000344. The Morgan fingerprint density at radius 2 is 1.79 bits per heavy atom. The molecule has 0 bridgehead atoms.